The number of benzene rings is 1. The van der Waals surface area contributed by atoms with Gasteiger partial charge < -0.3 is 10.0 Å². The zero-order valence-corrected chi connectivity index (χ0v) is 13.8. The molecule has 22 heavy (non-hydrogen) atoms. The summed E-state index contributed by atoms with van der Waals surface area (Å²) in [5.41, 5.74) is 0.941. The summed E-state index contributed by atoms with van der Waals surface area (Å²) in [7, 11) is 0.679. The standard InChI is InChI=1S/C16H21NO4S/c1-10(11-4-6-12(7-5-11)22(3)21)17(2)15(18)13-8-9-14(13)16(19)20/h4-7,10,13-14H,8-9H2,1-3H3,(H,19,20). The molecule has 1 amide bonds. The number of rotatable bonds is 5. The van der Waals surface area contributed by atoms with Gasteiger partial charge in [-0.2, -0.15) is 0 Å². The third-order valence-electron chi connectivity index (χ3n) is 4.53. The molecule has 0 aromatic heterocycles. The van der Waals surface area contributed by atoms with E-state index in [0.717, 1.165) is 10.5 Å². The predicted octanol–water partition coefficient (Wildman–Crippen LogP) is 2.05. The van der Waals surface area contributed by atoms with Crippen molar-refractivity contribution in [2.24, 2.45) is 11.8 Å². The third-order valence-corrected chi connectivity index (χ3v) is 5.47. The van der Waals surface area contributed by atoms with Crippen LogP contribution in [0.2, 0.25) is 0 Å². The van der Waals surface area contributed by atoms with Crippen LogP contribution < -0.4 is 0 Å². The van der Waals surface area contributed by atoms with Crippen LogP contribution in [0.25, 0.3) is 0 Å². The molecule has 1 aliphatic rings. The fourth-order valence-electron chi connectivity index (χ4n) is 2.71. The van der Waals surface area contributed by atoms with E-state index < -0.39 is 28.6 Å². The highest BCUT2D eigenvalue weighted by atomic mass is 32.2. The molecule has 120 valence electrons. The summed E-state index contributed by atoms with van der Waals surface area (Å²) in [6.07, 6.45) is 2.84. The second kappa shape index (κ2) is 6.60. The van der Waals surface area contributed by atoms with Crippen LogP contribution in [-0.2, 0) is 20.4 Å². The van der Waals surface area contributed by atoms with Crippen molar-refractivity contribution in [2.45, 2.75) is 30.7 Å². The lowest BCUT2D eigenvalue weighted by Crippen LogP contribution is -2.45. The first kappa shape index (κ1) is 16.7. The van der Waals surface area contributed by atoms with Crippen molar-refractivity contribution in [2.75, 3.05) is 13.3 Å². The average Bonchev–Trinajstić information content (AvgIpc) is 2.43. The van der Waals surface area contributed by atoms with Crippen LogP contribution in [0.3, 0.4) is 0 Å². The van der Waals surface area contributed by atoms with E-state index >= 15 is 0 Å². The van der Waals surface area contributed by atoms with Gasteiger partial charge in [0.15, 0.2) is 0 Å². The van der Waals surface area contributed by atoms with Gasteiger partial charge in [-0.3, -0.25) is 13.8 Å². The molecule has 0 spiro atoms. The first-order valence-corrected chi connectivity index (χ1v) is 8.81. The van der Waals surface area contributed by atoms with Gasteiger partial charge in [-0.05, 0) is 37.5 Å². The molecule has 1 N–H and O–H groups in total. The quantitative estimate of drug-likeness (QED) is 0.900. The molecule has 0 bridgehead atoms. The van der Waals surface area contributed by atoms with Crippen LogP contribution >= 0.6 is 0 Å². The number of hydrogen-bond donors (Lipinski definition) is 1. The molecule has 1 aromatic carbocycles. The molecule has 0 radical (unpaired) electrons. The lowest BCUT2D eigenvalue weighted by atomic mass is 9.72. The van der Waals surface area contributed by atoms with Gasteiger partial charge in [-0.1, -0.05) is 12.1 Å². The first-order valence-electron chi connectivity index (χ1n) is 7.25. The van der Waals surface area contributed by atoms with Gasteiger partial charge in [0.2, 0.25) is 5.91 Å². The van der Waals surface area contributed by atoms with Crippen LogP contribution in [0.1, 0.15) is 31.4 Å². The summed E-state index contributed by atoms with van der Waals surface area (Å²) in [6, 6.07) is 7.16. The zero-order valence-electron chi connectivity index (χ0n) is 13.0. The van der Waals surface area contributed by atoms with Crippen molar-refractivity contribution in [1.29, 1.82) is 0 Å². The summed E-state index contributed by atoms with van der Waals surface area (Å²) < 4.78 is 11.4. The Hall–Kier alpha value is -1.69. The molecule has 0 heterocycles. The molecule has 1 saturated carbocycles. The largest absolute Gasteiger partial charge is 0.481 e. The Bertz CT molecular complexity index is 599. The Morgan fingerprint density at radius 2 is 1.77 bits per heavy atom. The maximum Gasteiger partial charge on any atom is 0.307 e. The summed E-state index contributed by atoms with van der Waals surface area (Å²) in [4.78, 5) is 25.9. The first-order chi connectivity index (χ1) is 10.3. The predicted molar refractivity (Wildman–Crippen MR) is 83.8 cm³/mol. The van der Waals surface area contributed by atoms with Crippen LogP contribution in [0.5, 0.6) is 0 Å². The van der Waals surface area contributed by atoms with E-state index in [-0.39, 0.29) is 11.9 Å². The summed E-state index contributed by atoms with van der Waals surface area (Å²) >= 11 is 0. The Kier molecular flexibility index (Phi) is 5.01. The van der Waals surface area contributed by atoms with Gasteiger partial charge in [0.1, 0.15) is 0 Å². The molecule has 1 aliphatic carbocycles. The van der Waals surface area contributed by atoms with Crippen LogP contribution in [0.4, 0.5) is 0 Å². The van der Waals surface area contributed by atoms with Gasteiger partial charge in [0.25, 0.3) is 0 Å². The van der Waals surface area contributed by atoms with Gasteiger partial charge in [0.05, 0.1) is 17.9 Å². The van der Waals surface area contributed by atoms with E-state index in [9.17, 15) is 13.8 Å². The zero-order chi connectivity index (χ0) is 16.4. The van der Waals surface area contributed by atoms with Crippen molar-refractivity contribution < 1.29 is 18.9 Å². The van der Waals surface area contributed by atoms with E-state index in [4.69, 9.17) is 5.11 Å². The lowest BCUT2D eigenvalue weighted by Gasteiger charge is -2.37. The number of carbonyl (C=O) groups is 2. The third kappa shape index (κ3) is 3.21. The molecule has 2 rings (SSSR count). The van der Waals surface area contributed by atoms with E-state index in [1.54, 1.807) is 30.3 Å². The minimum Gasteiger partial charge on any atom is -0.481 e. The average molecular weight is 323 g/mol. The fourth-order valence-corrected chi connectivity index (χ4v) is 3.22. The smallest absolute Gasteiger partial charge is 0.307 e. The number of carboxylic acid groups (broad SMARTS) is 1. The SMILES string of the molecule is CC(c1ccc(S(C)=O)cc1)N(C)C(=O)C1CCC1C(=O)O. The second-order valence-electron chi connectivity index (χ2n) is 5.78. The van der Waals surface area contributed by atoms with Crippen LogP contribution in [0, 0.1) is 11.8 Å². The topological polar surface area (TPSA) is 74.7 Å². The molecular formula is C16H21NO4S. The molecule has 4 atom stereocenters. The van der Waals surface area contributed by atoms with E-state index in [2.05, 4.69) is 0 Å². The molecule has 0 saturated heterocycles. The van der Waals surface area contributed by atoms with Crippen molar-refractivity contribution in [1.82, 2.24) is 4.90 Å². The Balaban J connectivity index is 2.08. The molecule has 4 unspecified atom stereocenters. The normalized spacial score (nSPS) is 23.2. The molecular weight excluding hydrogens is 302 g/mol. The summed E-state index contributed by atoms with van der Waals surface area (Å²) in [6.45, 7) is 1.91. The maximum atomic E-state index is 12.4. The van der Waals surface area contributed by atoms with Crippen molar-refractivity contribution in [3.63, 3.8) is 0 Å². The van der Waals surface area contributed by atoms with Crippen molar-refractivity contribution in [3.05, 3.63) is 29.8 Å². The molecule has 6 heteroatoms. The van der Waals surface area contributed by atoms with E-state index in [1.165, 1.54) is 0 Å². The van der Waals surface area contributed by atoms with E-state index in [1.807, 2.05) is 19.1 Å². The fraction of sp³-hybridized carbons (Fsp3) is 0.500. The number of carbonyl (C=O) groups excluding carboxylic acids is 1. The Morgan fingerprint density at radius 1 is 1.23 bits per heavy atom. The van der Waals surface area contributed by atoms with Gasteiger partial charge in [-0.15, -0.1) is 0 Å². The molecule has 5 nitrogen and oxygen atoms in total. The summed E-state index contributed by atoms with van der Waals surface area (Å²) in [5, 5.41) is 9.07. The highest BCUT2D eigenvalue weighted by Gasteiger charge is 2.43. The molecule has 0 aliphatic heterocycles. The minimum absolute atomic E-state index is 0.116. The van der Waals surface area contributed by atoms with Crippen LogP contribution in [0.15, 0.2) is 29.2 Å². The van der Waals surface area contributed by atoms with Gasteiger partial charge >= 0.3 is 5.97 Å². The number of carboxylic acids is 1. The van der Waals surface area contributed by atoms with E-state index in [0.29, 0.717) is 12.8 Å². The van der Waals surface area contributed by atoms with Crippen LogP contribution in [-0.4, -0.2) is 39.4 Å². The highest BCUT2D eigenvalue weighted by molar-refractivity contribution is 7.84. The molecule has 1 aromatic rings. The number of hydrogen-bond acceptors (Lipinski definition) is 3. The van der Waals surface area contributed by atoms with Gasteiger partial charge in [0, 0.05) is 29.0 Å². The number of amides is 1. The second-order valence-corrected chi connectivity index (χ2v) is 7.16. The summed E-state index contributed by atoms with van der Waals surface area (Å²) in [5.74, 6) is -1.96. The van der Waals surface area contributed by atoms with Crippen molar-refractivity contribution >= 4 is 22.7 Å². The minimum atomic E-state index is -1.03. The Morgan fingerprint density at radius 3 is 2.18 bits per heavy atom. The van der Waals surface area contributed by atoms with Crippen molar-refractivity contribution in [3.8, 4) is 0 Å². The maximum absolute atomic E-state index is 12.4. The Labute approximate surface area is 132 Å². The number of nitrogens with zero attached hydrogens (tertiary/aromatic N) is 1. The highest BCUT2D eigenvalue weighted by Crippen LogP contribution is 2.37. The number of aliphatic carboxylic acids is 1. The van der Waals surface area contributed by atoms with Gasteiger partial charge in [-0.25, -0.2) is 0 Å². The monoisotopic (exact) mass is 323 g/mol. The lowest BCUT2D eigenvalue weighted by molar-refractivity contribution is -0.156. The molecule has 1 fully saturated rings.